The van der Waals surface area contributed by atoms with E-state index in [9.17, 15) is 57.9 Å². The van der Waals surface area contributed by atoms with E-state index in [2.05, 4.69) is 65.6 Å². The highest BCUT2D eigenvalue weighted by molar-refractivity contribution is 8.13. The second-order valence-electron chi connectivity index (χ2n) is 16.3. The Morgan fingerprint density at radius 2 is 1.57 bits per heavy atom. The van der Waals surface area contributed by atoms with E-state index >= 15 is 0 Å². The van der Waals surface area contributed by atoms with Crippen molar-refractivity contribution in [1.82, 2.24) is 30.2 Å². The Hall–Kier alpha value is -2.96. The van der Waals surface area contributed by atoms with Gasteiger partial charge in [0.1, 0.15) is 36.3 Å². The zero-order valence-electron chi connectivity index (χ0n) is 37.9. The number of phosphoric acid groups is 3. The molecule has 0 radical (unpaired) electrons. The van der Waals surface area contributed by atoms with Gasteiger partial charge in [0.2, 0.25) is 11.8 Å². The highest BCUT2D eigenvalue weighted by Crippen LogP contribution is 2.61. The summed E-state index contributed by atoms with van der Waals surface area (Å²) in [7, 11) is -16.4. The van der Waals surface area contributed by atoms with Crippen LogP contribution in [0.5, 0.6) is 0 Å². The minimum absolute atomic E-state index is 0.0323. The third-order valence-corrected chi connectivity index (χ3v) is 14.1. The molecule has 1 aliphatic rings. The topological polar surface area (TPSA) is 364 Å². The number of phosphoric ester groups is 3. The molecular weight excluding hydrogens is 963 g/mol. The second kappa shape index (κ2) is 28.6. The zero-order chi connectivity index (χ0) is 49.7. The van der Waals surface area contributed by atoms with Crippen LogP contribution < -0.4 is 16.4 Å². The molecule has 7 atom stereocenters. The fourth-order valence-electron chi connectivity index (χ4n) is 6.45. The van der Waals surface area contributed by atoms with Gasteiger partial charge in [-0.3, -0.25) is 32.5 Å². The van der Waals surface area contributed by atoms with Gasteiger partial charge in [0.05, 0.1) is 19.5 Å². The van der Waals surface area contributed by atoms with Gasteiger partial charge in [-0.25, -0.2) is 28.6 Å². The largest absolute Gasteiger partial charge is 0.481 e. The average molecular weight is 1030 g/mol. The summed E-state index contributed by atoms with van der Waals surface area (Å²) in [4.78, 5) is 88.3. The summed E-state index contributed by atoms with van der Waals surface area (Å²) in [6.07, 6.45) is 14.6. The molecule has 24 nitrogen and oxygen atoms in total. The van der Waals surface area contributed by atoms with Gasteiger partial charge >= 0.3 is 23.5 Å². The number of unbranched alkanes of at least 4 members (excludes halogenated alkanes) is 8. The second-order valence-corrected chi connectivity index (χ2v) is 21.7. The number of hydrogen-bond donors (Lipinski definition) is 9. The van der Waals surface area contributed by atoms with E-state index in [1.807, 2.05) is 0 Å². The van der Waals surface area contributed by atoms with Gasteiger partial charge in [-0.15, -0.1) is 0 Å². The summed E-state index contributed by atoms with van der Waals surface area (Å²) in [5.41, 5.74) is 4.28. The van der Waals surface area contributed by atoms with Crippen molar-refractivity contribution in [1.29, 1.82) is 0 Å². The van der Waals surface area contributed by atoms with Crippen LogP contribution >= 0.6 is 35.2 Å². The predicted octanol–water partition coefficient (Wildman–Crippen LogP) is 4.48. The molecule has 0 saturated carbocycles. The van der Waals surface area contributed by atoms with Crippen molar-refractivity contribution < 1.29 is 80.5 Å². The van der Waals surface area contributed by atoms with Crippen LogP contribution in [0.25, 0.3) is 11.2 Å². The van der Waals surface area contributed by atoms with Crippen molar-refractivity contribution in [3.63, 3.8) is 0 Å². The molecule has 2 amide bonds. The first-order chi connectivity index (χ1) is 31.6. The van der Waals surface area contributed by atoms with E-state index in [1.165, 1.54) is 33.1 Å². The van der Waals surface area contributed by atoms with Crippen LogP contribution in [-0.4, -0.2) is 123 Å². The minimum Gasteiger partial charge on any atom is -0.386 e. The molecule has 0 spiro atoms. The van der Waals surface area contributed by atoms with Crippen LogP contribution in [-0.2, 0) is 50.7 Å². The Balaban J connectivity index is 1.31. The Labute approximate surface area is 393 Å². The van der Waals surface area contributed by atoms with Gasteiger partial charge in [-0.2, -0.15) is 4.31 Å². The third kappa shape index (κ3) is 21.7. The lowest BCUT2D eigenvalue weighted by Crippen LogP contribution is -2.46. The van der Waals surface area contributed by atoms with E-state index in [1.54, 1.807) is 0 Å². The Morgan fingerprint density at radius 3 is 2.25 bits per heavy atom. The molecular formula is C39H66N7O17P3S. The first-order valence-corrected chi connectivity index (χ1v) is 27.4. The van der Waals surface area contributed by atoms with Gasteiger partial charge in [0.25, 0.3) is 0 Å². The van der Waals surface area contributed by atoms with E-state index in [-0.39, 0.29) is 41.6 Å². The molecule has 67 heavy (non-hydrogen) atoms. The number of nitrogen functional groups attached to an aromatic ring is 1. The summed E-state index contributed by atoms with van der Waals surface area (Å²) < 4.78 is 62.4. The maximum absolute atomic E-state index is 12.7. The number of carbonyl (C=O) groups is 3. The zero-order valence-corrected chi connectivity index (χ0v) is 41.4. The first kappa shape index (κ1) is 58.4. The van der Waals surface area contributed by atoms with Crippen LogP contribution in [0.4, 0.5) is 5.82 Å². The fraction of sp³-hybridized carbons (Fsp3) is 0.692. The molecule has 10 N–H and O–H groups in total. The number of nitrogens with zero attached hydrogens (tertiary/aromatic N) is 4. The molecule has 0 aromatic carbocycles. The van der Waals surface area contributed by atoms with Crippen molar-refractivity contribution in [3.8, 4) is 0 Å². The number of nitrogens with two attached hydrogens (primary N) is 1. The molecule has 2 aromatic rings. The number of rotatable bonds is 33. The van der Waals surface area contributed by atoms with Crippen molar-refractivity contribution >= 4 is 69.1 Å². The van der Waals surface area contributed by atoms with Crippen LogP contribution in [0.3, 0.4) is 0 Å². The van der Waals surface area contributed by atoms with Gasteiger partial charge in [-0.05, 0) is 38.5 Å². The van der Waals surface area contributed by atoms with E-state index in [4.69, 9.17) is 19.5 Å². The van der Waals surface area contributed by atoms with Crippen molar-refractivity contribution in [3.05, 3.63) is 37.0 Å². The molecule has 28 heteroatoms. The van der Waals surface area contributed by atoms with Gasteiger partial charge in [0, 0.05) is 37.1 Å². The lowest BCUT2D eigenvalue weighted by Gasteiger charge is -2.30. The van der Waals surface area contributed by atoms with Gasteiger partial charge in [-0.1, -0.05) is 88.9 Å². The number of anilines is 1. The first-order valence-electron chi connectivity index (χ1n) is 21.9. The molecule has 2 aromatic heterocycles. The smallest absolute Gasteiger partial charge is 0.386 e. The van der Waals surface area contributed by atoms with Crippen LogP contribution in [0.15, 0.2) is 37.0 Å². The molecule has 1 saturated heterocycles. The summed E-state index contributed by atoms with van der Waals surface area (Å²) in [5, 5.41) is 26.6. The number of nitrogens with one attached hydrogen (secondary N) is 2. The number of aliphatic hydroxyl groups is 2. The lowest BCUT2D eigenvalue weighted by atomic mass is 9.87. The summed E-state index contributed by atoms with van der Waals surface area (Å²) in [5.74, 6) is -1.04. The maximum atomic E-state index is 12.7. The van der Waals surface area contributed by atoms with Gasteiger partial charge in [0.15, 0.2) is 22.8 Å². The number of fused-ring (bicyclic) bond motifs is 1. The average Bonchev–Trinajstić information content (AvgIpc) is 3.81. The van der Waals surface area contributed by atoms with Crippen molar-refractivity contribution in [2.24, 2.45) is 5.41 Å². The molecule has 0 bridgehead atoms. The monoisotopic (exact) mass is 1030 g/mol. The molecule has 2 unspecified atom stereocenters. The highest BCUT2D eigenvalue weighted by atomic mass is 32.2. The van der Waals surface area contributed by atoms with Gasteiger partial charge < -0.3 is 50.9 Å². The maximum Gasteiger partial charge on any atom is 0.481 e. The Bertz CT molecular complexity index is 2090. The molecule has 1 aliphatic heterocycles. The summed E-state index contributed by atoms with van der Waals surface area (Å²) in [6, 6.07) is 0. The number of carbonyl (C=O) groups excluding carboxylic acids is 3. The highest BCUT2D eigenvalue weighted by Gasteiger charge is 2.50. The number of thioether (sulfide) groups is 1. The van der Waals surface area contributed by atoms with E-state index < -0.39 is 84.6 Å². The number of aliphatic hydroxyl groups excluding tert-OH is 2. The summed E-state index contributed by atoms with van der Waals surface area (Å²) in [6.45, 7) is 2.76. The lowest BCUT2D eigenvalue weighted by molar-refractivity contribution is -0.137. The Morgan fingerprint density at radius 1 is 0.910 bits per heavy atom. The molecule has 3 heterocycles. The number of amides is 2. The number of imidazole rings is 1. The fourth-order valence-corrected chi connectivity index (χ4v) is 10.00. The third-order valence-electron chi connectivity index (χ3n) is 10.1. The molecule has 3 rings (SSSR count). The van der Waals surface area contributed by atoms with Crippen LogP contribution in [0.1, 0.15) is 110 Å². The SMILES string of the molecule is CCCCCC=CCC=CCCCCCCCC(=O)SCCNC(=O)CCNC(=O)[C@H](O)C(C)(C)COP(=O)(O)OP(=O)(O)OC[C@H]1O[C@@H](n2cnc3c(N)ncnc32)[C@H](O)[C@@H]1OP(=O)(O)O. The number of ether oxygens (including phenoxy) is 1. The standard InChI is InChI=1S/C39H66N7O17P3S/c1-4-5-6-7-8-9-10-11-12-13-14-15-16-17-18-19-30(48)67-23-22-41-29(47)20-21-42-37(51)34(50)39(2,3)25-60-66(57,58)63-65(55,56)59-24-28-33(62-64(52,53)54)32(49)38(61-28)46-27-45-31-35(40)43-26-44-36(31)46/h8-9,11-12,26-28,32-34,38,49-50H,4-7,10,13-25H2,1-3H3,(H,41,47)(H,42,51)(H,55,56)(H,57,58)(H2,40,43,44)(H2,52,53,54)/t28-,32-,33-,34+,38-/m1/s1. The van der Waals surface area contributed by atoms with E-state index in [0.29, 0.717) is 12.2 Å². The molecule has 380 valence electrons. The van der Waals surface area contributed by atoms with E-state index in [0.717, 1.165) is 80.4 Å². The molecule has 1 fully saturated rings. The number of hydrogen-bond acceptors (Lipinski definition) is 18. The minimum atomic E-state index is -5.58. The Kier molecular flexibility index (Phi) is 24.9. The predicted molar refractivity (Wildman–Crippen MR) is 246 cm³/mol. The van der Waals surface area contributed by atoms with Crippen molar-refractivity contribution in [2.45, 2.75) is 135 Å². The molecule has 0 aliphatic carbocycles. The quantitative estimate of drug-likeness (QED) is 0.0270. The van der Waals surface area contributed by atoms with Crippen molar-refractivity contribution in [2.75, 3.05) is 37.8 Å². The normalized spacial score (nSPS) is 20.3. The number of aromatic nitrogens is 4. The van der Waals surface area contributed by atoms with Crippen LogP contribution in [0.2, 0.25) is 0 Å². The summed E-state index contributed by atoms with van der Waals surface area (Å²) >= 11 is 1.14. The van der Waals surface area contributed by atoms with Crippen LogP contribution in [0, 0.1) is 5.41 Å². The number of allylic oxidation sites excluding steroid dienone is 4.